The van der Waals surface area contributed by atoms with E-state index in [1.54, 1.807) is 0 Å². The first-order chi connectivity index (χ1) is 9.47. The van der Waals surface area contributed by atoms with E-state index in [9.17, 15) is 19.3 Å². The number of rotatable bonds is 3. The molecule has 20 heavy (non-hydrogen) atoms. The van der Waals surface area contributed by atoms with Crippen LogP contribution in [0.4, 0.5) is 10.1 Å². The van der Waals surface area contributed by atoms with Gasteiger partial charge in [-0.3, -0.25) is 14.9 Å². The van der Waals surface area contributed by atoms with Gasteiger partial charge in [0.1, 0.15) is 11.4 Å². The van der Waals surface area contributed by atoms with E-state index in [2.05, 4.69) is 21.2 Å². The molecule has 0 atom stereocenters. The molecule has 1 aliphatic carbocycles. The quantitative estimate of drug-likeness (QED) is 0.520. The van der Waals surface area contributed by atoms with Crippen molar-refractivity contribution in [3.63, 3.8) is 0 Å². The van der Waals surface area contributed by atoms with E-state index in [1.165, 1.54) is 0 Å². The molecule has 0 heterocycles. The average molecular weight is 345 g/mol. The third kappa shape index (κ3) is 3.53. The highest BCUT2D eigenvalue weighted by atomic mass is 79.9. The summed E-state index contributed by atoms with van der Waals surface area (Å²) in [6.07, 6.45) is 3.50. The Balaban J connectivity index is 2.12. The van der Waals surface area contributed by atoms with E-state index in [4.69, 9.17) is 0 Å². The van der Waals surface area contributed by atoms with Crippen LogP contribution in [0.1, 0.15) is 36.0 Å². The predicted molar refractivity (Wildman–Crippen MR) is 75.5 cm³/mol. The van der Waals surface area contributed by atoms with Crippen molar-refractivity contribution in [1.82, 2.24) is 5.32 Å². The Morgan fingerprint density at radius 1 is 1.35 bits per heavy atom. The monoisotopic (exact) mass is 344 g/mol. The largest absolute Gasteiger partial charge is 0.349 e. The molecule has 5 nitrogen and oxygen atoms in total. The highest BCUT2D eigenvalue weighted by molar-refractivity contribution is 9.09. The Kier molecular flexibility index (Phi) is 4.69. The molecule has 1 amide bonds. The SMILES string of the molecule is O=C(NC1CCC(Br)CC1)c1cc(F)ccc1[N+](=O)[O-]. The normalized spacial score (nSPS) is 22.3. The van der Waals surface area contributed by atoms with E-state index in [0.717, 1.165) is 43.9 Å². The lowest BCUT2D eigenvalue weighted by Gasteiger charge is -2.25. The van der Waals surface area contributed by atoms with Crippen molar-refractivity contribution in [1.29, 1.82) is 0 Å². The Hall–Kier alpha value is -1.50. The van der Waals surface area contributed by atoms with Crippen molar-refractivity contribution < 1.29 is 14.1 Å². The molecule has 1 aromatic carbocycles. The van der Waals surface area contributed by atoms with E-state index in [0.29, 0.717) is 4.83 Å². The topological polar surface area (TPSA) is 72.2 Å². The lowest BCUT2D eigenvalue weighted by Crippen LogP contribution is -2.38. The summed E-state index contributed by atoms with van der Waals surface area (Å²) < 4.78 is 13.2. The zero-order chi connectivity index (χ0) is 14.7. The maximum Gasteiger partial charge on any atom is 0.282 e. The minimum absolute atomic E-state index is 0.0147. The van der Waals surface area contributed by atoms with Gasteiger partial charge in [-0.15, -0.1) is 0 Å². The van der Waals surface area contributed by atoms with Gasteiger partial charge in [0.15, 0.2) is 0 Å². The number of nitrogens with one attached hydrogen (secondary N) is 1. The molecule has 108 valence electrons. The van der Waals surface area contributed by atoms with Gasteiger partial charge in [0.25, 0.3) is 11.6 Å². The number of nitro benzene ring substituents is 1. The number of nitrogens with zero attached hydrogens (tertiary/aromatic N) is 1. The maximum absolute atomic E-state index is 13.2. The number of benzene rings is 1. The molecule has 0 saturated heterocycles. The smallest absolute Gasteiger partial charge is 0.282 e. The van der Waals surface area contributed by atoms with Crippen molar-refractivity contribution >= 4 is 27.5 Å². The van der Waals surface area contributed by atoms with Crippen LogP contribution in [-0.4, -0.2) is 21.7 Å². The van der Waals surface area contributed by atoms with Gasteiger partial charge in [-0.05, 0) is 37.8 Å². The predicted octanol–water partition coefficient (Wildman–Crippen LogP) is 3.17. The molecule has 1 aromatic rings. The first-order valence-electron chi connectivity index (χ1n) is 6.36. The van der Waals surface area contributed by atoms with Crippen molar-refractivity contribution in [3.05, 3.63) is 39.7 Å². The molecule has 0 aliphatic heterocycles. The lowest BCUT2D eigenvalue weighted by molar-refractivity contribution is -0.385. The molecule has 0 unspecified atom stereocenters. The Bertz CT molecular complexity index is 530. The number of hydrogen-bond donors (Lipinski definition) is 1. The van der Waals surface area contributed by atoms with Gasteiger partial charge in [0, 0.05) is 16.9 Å². The number of hydrogen-bond acceptors (Lipinski definition) is 3. The van der Waals surface area contributed by atoms with Gasteiger partial charge < -0.3 is 5.32 Å². The van der Waals surface area contributed by atoms with Crippen molar-refractivity contribution in [2.24, 2.45) is 0 Å². The van der Waals surface area contributed by atoms with E-state index in [-0.39, 0.29) is 17.3 Å². The van der Waals surface area contributed by atoms with Crippen LogP contribution in [-0.2, 0) is 0 Å². The van der Waals surface area contributed by atoms with E-state index < -0.39 is 16.6 Å². The Morgan fingerprint density at radius 2 is 2.00 bits per heavy atom. The van der Waals surface area contributed by atoms with Crippen LogP contribution in [0.25, 0.3) is 0 Å². The summed E-state index contributed by atoms with van der Waals surface area (Å²) in [4.78, 5) is 22.7. The molecule has 1 N–H and O–H groups in total. The lowest BCUT2D eigenvalue weighted by atomic mass is 9.95. The van der Waals surface area contributed by atoms with Gasteiger partial charge >= 0.3 is 0 Å². The molecule has 1 fully saturated rings. The summed E-state index contributed by atoms with van der Waals surface area (Å²) >= 11 is 3.52. The highest BCUT2D eigenvalue weighted by Crippen LogP contribution is 2.25. The van der Waals surface area contributed by atoms with Crippen LogP contribution in [0.15, 0.2) is 18.2 Å². The third-order valence-electron chi connectivity index (χ3n) is 3.39. The van der Waals surface area contributed by atoms with Gasteiger partial charge in [0.2, 0.25) is 0 Å². The fraction of sp³-hybridized carbons (Fsp3) is 0.462. The number of carbonyl (C=O) groups is 1. The van der Waals surface area contributed by atoms with Gasteiger partial charge in [-0.25, -0.2) is 4.39 Å². The summed E-state index contributed by atoms with van der Waals surface area (Å²) in [7, 11) is 0. The molecule has 1 saturated carbocycles. The molecular weight excluding hydrogens is 331 g/mol. The van der Waals surface area contributed by atoms with Crippen LogP contribution in [0.5, 0.6) is 0 Å². The molecule has 7 heteroatoms. The van der Waals surface area contributed by atoms with Gasteiger partial charge in [-0.2, -0.15) is 0 Å². The summed E-state index contributed by atoms with van der Waals surface area (Å²) in [5, 5.41) is 13.6. The standard InChI is InChI=1S/C13H14BrFN2O3/c14-8-1-4-10(5-2-8)16-13(18)11-7-9(15)3-6-12(11)17(19)20/h3,6-8,10H,1-2,4-5H2,(H,16,18). The van der Waals surface area contributed by atoms with Gasteiger partial charge in [-0.1, -0.05) is 15.9 Å². The molecule has 0 bridgehead atoms. The van der Waals surface area contributed by atoms with E-state index >= 15 is 0 Å². The zero-order valence-electron chi connectivity index (χ0n) is 10.6. The van der Waals surface area contributed by atoms with Crippen LogP contribution < -0.4 is 5.32 Å². The maximum atomic E-state index is 13.2. The van der Waals surface area contributed by atoms with Crippen LogP contribution in [0.2, 0.25) is 0 Å². The second-order valence-electron chi connectivity index (χ2n) is 4.84. The summed E-state index contributed by atoms with van der Waals surface area (Å²) in [6, 6.07) is 2.88. The Morgan fingerprint density at radius 3 is 2.60 bits per heavy atom. The van der Waals surface area contributed by atoms with Gasteiger partial charge in [0.05, 0.1) is 4.92 Å². The van der Waals surface area contributed by atoms with Crippen LogP contribution >= 0.6 is 15.9 Å². The van der Waals surface area contributed by atoms with Crippen molar-refractivity contribution in [3.8, 4) is 0 Å². The molecule has 0 radical (unpaired) electrons. The fourth-order valence-corrected chi connectivity index (χ4v) is 2.84. The first kappa shape index (κ1) is 14.9. The minimum atomic E-state index is -0.677. The number of carbonyl (C=O) groups excluding carboxylic acids is 1. The van der Waals surface area contributed by atoms with Crippen LogP contribution in [0, 0.1) is 15.9 Å². The number of nitro groups is 1. The fourth-order valence-electron chi connectivity index (χ4n) is 2.31. The number of alkyl halides is 1. The zero-order valence-corrected chi connectivity index (χ0v) is 12.2. The van der Waals surface area contributed by atoms with Crippen molar-refractivity contribution in [2.75, 3.05) is 0 Å². The Labute approximate surface area is 123 Å². The average Bonchev–Trinajstić information content (AvgIpc) is 2.41. The number of halogens is 2. The van der Waals surface area contributed by atoms with E-state index in [1.807, 2.05) is 0 Å². The highest BCUT2D eigenvalue weighted by Gasteiger charge is 2.25. The third-order valence-corrected chi connectivity index (χ3v) is 4.31. The summed E-state index contributed by atoms with van der Waals surface area (Å²) in [6.45, 7) is 0. The second kappa shape index (κ2) is 6.30. The number of amides is 1. The molecular formula is C13H14BrFN2O3. The molecule has 0 aromatic heterocycles. The molecule has 2 rings (SSSR count). The van der Waals surface area contributed by atoms with Crippen LogP contribution in [0.3, 0.4) is 0 Å². The first-order valence-corrected chi connectivity index (χ1v) is 7.28. The summed E-state index contributed by atoms with van der Waals surface area (Å²) in [5.41, 5.74) is -0.603. The second-order valence-corrected chi connectivity index (χ2v) is 6.14. The minimum Gasteiger partial charge on any atom is -0.349 e. The molecule has 0 spiro atoms. The summed E-state index contributed by atoms with van der Waals surface area (Å²) in [5.74, 6) is -1.25. The molecule has 1 aliphatic rings. The van der Waals surface area contributed by atoms with Crippen molar-refractivity contribution in [2.45, 2.75) is 36.6 Å².